The summed E-state index contributed by atoms with van der Waals surface area (Å²) in [6.45, 7) is 0.537. The third-order valence-electron chi connectivity index (χ3n) is 1.80. The van der Waals surface area contributed by atoms with Crippen LogP contribution in [0.4, 0.5) is 4.39 Å². The number of rotatable bonds is 3. The average molecular weight is 208 g/mol. The molecule has 0 saturated carbocycles. The van der Waals surface area contributed by atoms with Crippen LogP contribution in [0, 0.1) is 5.82 Å². The van der Waals surface area contributed by atoms with Crippen LogP contribution in [0.3, 0.4) is 0 Å². The molecular weight excluding hydrogens is 199 g/mol. The summed E-state index contributed by atoms with van der Waals surface area (Å²) in [5.74, 6) is 0.450. The molecule has 0 aliphatic carbocycles. The summed E-state index contributed by atoms with van der Waals surface area (Å²) < 4.78 is 18.0. The molecule has 14 heavy (non-hydrogen) atoms. The van der Waals surface area contributed by atoms with E-state index in [0.29, 0.717) is 12.4 Å². The maximum atomic E-state index is 12.5. The standard InChI is InChI=1S/C11H9FOS/c12-10-1-3-11(4-2-10)13-7-9-5-6-14-8-9/h1-6,8H,7H2. The molecular formula is C11H9FOS. The van der Waals surface area contributed by atoms with Gasteiger partial charge in [0.15, 0.2) is 0 Å². The Morgan fingerprint density at radius 3 is 2.57 bits per heavy atom. The Hall–Kier alpha value is -1.35. The zero-order chi connectivity index (χ0) is 9.80. The number of hydrogen-bond donors (Lipinski definition) is 0. The molecule has 2 rings (SSSR count). The predicted octanol–water partition coefficient (Wildman–Crippen LogP) is 3.47. The van der Waals surface area contributed by atoms with Gasteiger partial charge >= 0.3 is 0 Å². The van der Waals surface area contributed by atoms with Crippen molar-refractivity contribution in [3.8, 4) is 5.75 Å². The van der Waals surface area contributed by atoms with Crippen LogP contribution in [0.25, 0.3) is 0 Å². The first kappa shape index (κ1) is 9.21. The van der Waals surface area contributed by atoms with Gasteiger partial charge in [0.2, 0.25) is 0 Å². The fourth-order valence-electron chi connectivity index (χ4n) is 1.07. The van der Waals surface area contributed by atoms with Crippen LogP contribution in [0.2, 0.25) is 0 Å². The van der Waals surface area contributed by atoms with Crippen molar-refractivity contribution in [1.82, 2.24) is 0 Å². The average Bonchev–Trinajstić information content (AvgIpc) is 2.70. The molecule has 3 heteroatoms. The minimum absolute atomic E-state index is 0.243. The SMILES string of the molecule is Fc1ccc(OCc2ccsc2)cc1. The van der Waals surface area contributed by atoms with E-state index in [9.17, 15) is 4.39 Å². The van der Waals surface area contributed by atoms with Crippen LogP contribution >= 0.6 is 11.3 Å². The maximum Gasteiger partial charge on any atom is 0.123 e. The molecule has 0 amide bonds. The molecule has 0 atom stereocenters. The lowest BCUT2D eigenvalue weighted by molar-refractivity contribution is 0.306. The third-order valence-corrected chi connectivity index (χ3v) is 2.53. The van der Waals surface area contributed by atoms with E-state index in [2.05, 4.69) is 0 Å². The van der Waals surface area contributed by atoms with Crippen molar-refractivity contribution in [1.29, 1.82) is 0 Å². The van der Waals surface area contributed by atoms with Crippen LogP contribution < -0.4 is 4.74 Å². The van der Waals surface area contributed by atoms with E-state index in [0.717, 1.165) is 5.56 Å². The Bertz CT molecular complexity index is 380. The Balaban J connectivity index is 1.95. The summed E-state index contributed by atoms with van der Waals surface area (Å²) in [6.07, 6.45) is 0. The first-order valence-corrected chi connectivity index (χ1v) is 5.18. The topological polar surface area (TPSA) is 9.23 Å². The monoisotopic (exact) mass is 208 g/mol. The molecule has 0 bridgehead atoms. The summed E-state index contributed by atoms with van der Waals surface area (Å²) in [6, 6.07) is 8.05. The molecule has 0 aliphatic rings. The van der Waals surface area contributed by atoms with E-state index in [1.54, 1.807) is 23.5 Å². The van der Waals surface area contributed by atoms with E-state index in [4.69, 9.17) is 4.74 Å². The molecule has 1 nitrogen and oxygen atoms in total. The number of benzene rings is 1. The fraction of sp³-hybridized carbons (Fsp3) is 0.0909. The van der Waals surface area contributed by atoms with Gasteiger partial charge in [0.25, 0.3) is 0 Å². The zero-order valence-corrected chi connectivity index (χ0v) is 8.26. The van der Waals surface area contributed by atoms with E-state index >= 15 is 0 Å². The largest absolute Gasteiger partial charge is 0.489 e. The highest BCUT2D eigenvalue weighted by atomic mass is 32.1. The number of hydrogen-bond acceptors (Lipinski definition) is 2. The number of ether oxygens (including phenoxy) is 1. The lowest BCUT2D eigenvalue weighted by Gasteiger charge is -2.03. The molecule has 0 unspecified atom stereocenters. The Morgan fingerprint density at radius 2 is 1.93 bits per heavy atom. The van der Waals surface area contributed by atoms with E-state index < -0.39 is 0 Å². The summed E-state index contributed by atoms with van der Waals surface area (Å²) in [5.41, 5.74) is 1.14. The number of halogens is 1. The molecule has 72 valence electrons. The second-order valence-electron chi connectivity index (χ2n) is 2.87. The highest BCUT2D eigenvalue weighted by molar-refractivity contribution is 7.07. The van der Waals surface area contributed by atoms with Crippen LogP contribution in [0.5, 0.6) is 5.75 Å². The molecule has 1 aromatic heterocycles. The minimum Gasteiger partial charge on any atom is -0.489 e. The Kier molecular flexibility index (Phi) is 2.79. The second-order valence-corrected chi connectivity index (χ2v) is 3.65. The zero-order valence-electron chi connectivity index (χ0n) is 7.44. The van der Waals surface area contributed by atoms with Crippen LogP contribution in [0.1, 0.15) is 5.56 Å². The van der Waals surface area contributed by atoms with Crippen molar-refractivity contribution in [3.63, 3.8) is 0 Å². The molecule has 0 fully saturated rings. The van der Waals surface area contributed by atoms with Crippen LogP contribution in [0.15, 0.2) is 41.1 Å². The Labute approximate surface area is 85.8 Å². The van der Waals surface area contributed by atoms with Gasteiger partial charge in [0, 0.05) is 0 Å². The van der Waals surface area contributed by atoms with E-state index in [-0.39, 0.29) is 5.82 Å². The summed E-state index contributed by atoms with van der Waals surface area (Å²) in [4.78, 5) is 0. The summed E-state index contributed by atoms with van der Waals surface area (Å²) in [5, 5.41) is 4.03. The first-order valence-electron chi connectivity index (χ1n) is 4.24. The molecule has 0 saturated heterocycles. The van der Waals surface area contributed by atoms with E-state index in [1.165, 1.54) is 12.1 Å². The van der Waals surface area contributed by atoms with Crippen molar-refractivity contribution in [2.24, 2.45) is 0 Å². The van der Waals surface area contributed by atoms with Crippen molar-refractivity contribution in [3.05, 3.63) is 52.5 Å². The summed E-state index contributed by atoms with van der Waals surface area (Å²) in [7, 11) is 0. The normalized spacial score (nSPS) is 10.1. The predicted molar refractivity (Wildman–Crippen MR) is 55.1 cm³/mol. The van der Waals surface area contributed by atoms with Crippen molar-refractivity contribution in [2.45, 2.75) is 6.61 Å². The van der Waals surface area contributed by atoms with Crippen LogP contribution in [-0.2, 0) is 6.61 Å². The number of thiophene rings is 1. The van der Waals surface area contributed by atoms with Gasteiger partial charge in [0.05, 0.1) is 0 Å². The van der Waals surface area contributed by atoms with Crippen molar-refractivity contribution < 1.29 is 9.13 Å². The van der Waals surface area contributed by atoms with Gasteiger partial charge in [-0.2, -0.15) is 11.3 Å². The van der Waals surface area contributed by atoms with Gasteiger partial charge in [-0.25, -0.2) is 4.39 Å². The maximum absolute atomic E-state index is 12.5. The van der Waals surface area contributed by atoms with Gasteiger partial charge in [-0.15, -0.1) is 0 Å². The van der Waals surface area contributed by atoms with Crippen LogP contribution in [-0.4, -0.2) is 0 Å². The quantitative estimate of drug-likeness (QED) is 0.750. The van der Waals surface area contributed by atoms with Crippen molar-refractivity contribution in [2.75, 3.05) is 0 Å². The lowest BCUT2D eigenvalue weighted by atomic mass is 10.3. The third kappa shape index (κ3) is 2.33. The smallest absolute Gasteiger partial charge is 0.123 e. The molecule has 0 spiro atoms. The lowest BCUT2D eigenvalue weighted by Crippen LogP contribution is -1.93. The van der Waals surface area contributed by atoms with Gasteiger partial charge in [0.1, 0.15) is 18.2 Å². The Morgan fingerprint density at radius 1 is 1.14 bits per heavy atom. The van der Waals surface area contributed by atoms with Crippen molar-refractivity contribution >= 4 is 11.3 Å². The molecule has 0 radical (unpaired) electrons. The van der Waals surface area contributed by atoms with Gasteiger partial charge in [-0.05, 0) is 46.7 Å². The first-order chi connectivity index (χ1) is 6.84. The second kappa shape index (κ2) is 4.24. The highest BCUT2D eigenvalue weighted by Gasteiger charge is 1.96. The molecule has 0 N–H and O–H groups in total. The highest BCUT2D eigenvalue weighted by Crippen LogP contribution is 2.14. The molecule has 0 aliphatic heterocycles. The van der Waals surface area contributed by atoms with E-state index in [1.807, 2.05) is 16.8 Å². The molecule has 2 aromatic rings. The van der Waals surface area contributed by atoms with Gasteiger partial charge in [-0.1, -0.05) is 0 Å². The summed E-state index contributed by atoms with van der Waals surface area (Å²) >= 11 is 1.64. The minimum atomic E-state index is -0.243. The molecule has 1 heterocycles. The van der Waals surface area contributed by atoms with Gasteiger partial charge < -0.3 is 4.74 Å². The fourth-order valence-corrected chi connectivity index (χ4v) is 1.73. The van der Waals surface area contributed by atoms with Gasteiger partial charge in [-0.3, -0.25) is 0 Å². The molecule has 1 aromatic carbocycles.